The predicted molar refractivity (Wildman–Crippen MR) is 61.1 cm³/mol. The summed E-state index contributed by atoms with van der Waals surface area (Å²) in [7, 11) is 0. The average Bonchev–Trinajstić information content (AvgIpc) is 2.27. The van der Waals surface area contributed by atoms with E-state index in [1.165, 1.54) is 13.8 Å². The Balaban J connectivity index is 2.88. The monoisotopic (exact) mass is 235 g/mol. The summed E-state index contributed by atoms with van der Waals surface area (Å²) in [5, 5.41) is 0. The molecule has 0 bridgehead atoms. The van der Waals surface area contributed by atoms with Gasteiger partial charge in [-0.15, -0.1) is 0 Å². The van der Waals surface area contributed by atoms with Crippen molar-refractivity contribution in [3.05, 3.63) is 29.8 Å². The molecule has 0 spiro atoms. The van der Waals surface area contributed by atoms with E-state index in [9.17, 15) is 14.4 Å². The number of amides is 2. The van der Waals surface area contributed by atoms with E-state index in [2.05, 4.69) is 4.74 Å². The van der Waals surface area contributed by atoms with Crippen molar-refractivity contribution < 1.29 is 19.1 Å². The first-order valence-electron chi connectivity index (χ1n) is 5.01. The molecule has 0 fully saturated rings. The van der Waals surface area contributed by atoms with Crippen molar-refractivity contribution in [3.8, 4) is 0 Å². The van der Waals surface area contributed by atoms with Gasteiger partial charge in [-0.3, -0.25) is 19.3 Å². The Morgan fingerprint density at radius 2 is 1.71 bits per heavy atom. The molecule has 0 saturated carbocycles. The third kappa shape index (κ3) is 3.41. The number of ether oxygens (including phenoxy) is 1. The first-order chi connectivity index (χ1) is 8.06. The van der Waals surface area contributed by atoms with Crippen LogP contribution in [0.4, 0.5) is 5.69 Å². The van der Waals surface area contributed by atoms with Gasteiger partial charge in [-0.05, 0) is 17.7 Å². The van der Waals surface area contributed by atoms with Crippen LogP contribution in [-0.2, 0) is 25.7 Å². The molecule has 17 heavy (non-hydrogen) atoms. The summed E-state index contributed by atoms with van der Waals surface area (Å²) >= 11 is 0. The molecule has 0 unspecified atom stereocenters. The third-order valence-electron chi connectivity index (χ3n) is 2.14. The first kappa shape index (κ1) is 12.9. The van der Waals surface area contributed by atoms with Crippen LogP contribution in [0.2, 0.25) is 0 Å². The van der Waals surface area contributed by atoms with Crippen molar-refractivity contribution in [1.82, 2.24) is 0 Å². The molecule has 0 saturated heterocycles. The molecule has 0 aliphatic rings. The maximum absolute atomic E-state index is 11.3. The maximum Gasteiger partial charge on any atom is 0.293 e. The van der Waals surface area contributed by atoms with Crippen molar-refractivity contribution in [3.63, 3.8) is 0 Å². The second-order valence-corrected chi connectivity index (χ2v) is 3.45. The van der Waals surface area contributed by atoms with E-state index in [1.54, 1.807) is 24.3 Å². The highest BCUT2D eigenvalue weighted by Crippen LogP contribution is 2.16. The highest BCUT2D eigenvalue weighted by molar-refractivity contribution is 6.13. The van der Waals surface area contributed by atoms with E-state index in [0.717, 1.165) is 10.5 Å². The molecule has 0 aromatic heterocycles. The van der Waals surface area contributed by atoms with Crippen LogP contribution < -0.4 is 4.90 Å². The number of hydrogen-bond acceptors (Lipinski definition) is 4. The zero-order valence-corrected chi connectivity index (χ0v) is 9.67. The van der Waals surface area contributed by atoms with Crippen molar-refractivity contribution >= 4 is 24.0 Å². The van der Waals surface area contributed by atoms with Crippen LogP contribution in [0.3, 0.4) is 0 Å². The number of hydrogen-bond donors (Lipinski definition) is 0. The first-order valence-corrected chi connectivity index (χ1v) is 5.01. The summed E-state index contributed by atoms with van der Waals surface area (Å²) in [4.78, 5) is 33.6. The minimum Gasteiger partial charge on any atom is -0.463 e. The van der Waals surface area contributed by atoms with Gasteiger partial charge in [0, 0.05) is 13.8 Å². The zero-order chi connectivity index (χ0) is 12.8. The molecule has 5 nitrogen and oxygen atoms in total. The lowest BCUT2D eigenvalue weighted by Gasteiger charge is -2.17. The van der Waals surface area contributed by atoms with Gasteiger partial charge in [0.2, 0.25) is 11.8 Å². The maximum atomic E-state index is 11.3. The van der Waals surface area contributed by atoms with Gasteiger partial charge in [0.05, 0.1) is 5.69 Å². The van der Waals surface area contributed by atoms with Crippen LogP contribution in [0, 0.1) is 0 Å². The molecule has 0 atom stereocenters. The number of rotatable bonds is 4. The number of carbonyl (C=O) groups is 3. The van der Waals surface area contributed by atoms with Crippen LogP contribution >= 0.6 is 0 Å². The Kier molecular flexibility index (Phi) is 4.39. The number of nitrogens with zero attached hydrogens (tertiary/aromatic N) is 1. The van der Waals surface area contributed by atoms with Crippen LogP contribution in [0.15, 0.2) is 24.3 Å². The molecule has 90 valence electrons. The Morgan fingerprint density at radius 1 is 1.18 bits per heavy atom. The SMILES string of the molecule is CC(=O)N(C(C)=O)c1ccc(COC=O)cc1. The van der Waals surface area contributed by atoms with E-state index < -0.39 is 0 Å². The fourth-order valence-electron chi connectivity index (χ4n) is 1.46. The summed E-state index contributed by atoms with van der Waals surface area (Å²) < 4.78 is 4.59. The lowest BCUT2D eigenvalue weighted by Crippen LogP contribution is -2.32. The Morgan fingerprint density at radius 3 is 2.12 bits per heavy atom. The summed E-state index contributed by atoms with van der Waals surface area (Å²) in [5.41, 5.74) is 1.28. The van der Waals surface area contributed by atoms with Gasteiger partial charge in [0.1, 0.15) is 6.61 Å². The fourth-order valence-corrected chi connectivity index (χ4v) is 1.46. The summed E-state index contributed by atoms with van der Waals surface area (Å²) in [6.45, 7) is 3.19. The smallest absolute Gasteiger partial charge is 0.293 e. The van der Waals surface area contributed by atoms with Crippen LogP contribution in [0.25, 0.3) is 0 Å². The van der Waals surface area contributed by atoms with Crippen LogP contribution in [-0.4, -0.2) is 18.3 Å². The molecule has 2 amide bonds. The van der Waals surface area contributed by atoms with Crippen molar-refractivity contribution in [2.45, 2.75) is 20.5 Å². The minimum atomic E-state index is -0.339. The molecular formula is C12H13NO4. The fraction of sp³-hybridized carbons (Fsp3) is 0.250. The van der Waals surface area contributed by atoms with Crippen molar-refractivity contribution in [2.24, 2.45) is 0 Å². The van der Waals surface area contributed by atoms with Gasteiger partial charge < -0.3 is 4.74 Å². The number of benzene rings is 1. The summed E-state index contributed by atoms with van der Waals surface area (Å²) in [5.74, 6) is -0.677. The molecule has 0 heterocycles. The van der Waals surface area contributed by atoms with Crippen LogP contribution in [0.5, 0.6) is 0 Å². The molecular weight excluding hydrogens is 222 g/mol. The number of anilines is 1. The quantitative estimate of drug-likeness (QED) is 0.737. The normalized spacial score (nSPS) is 9.53. The molecule has 0 radical (unpaired) electrons. The molecule has 1 aromatic rings. The highest BCUT2D eigenvalue weighted by Gasteiger charge is 2.15. The standard InChI is InChI=1S/C12H13NO4/c1-9(15)13(10(2)16)12-5-3-11(4-6-12)7-17-8-14/h3-6,8H,7H2,1-2H3. The Labute approximate surface area is 99.0 Å². The van der Waals surface area contributed by atoms with Crippen molar-refractivity contribution in [2.75, 3.05) is 4.90 Å². The third-order valence-corrected chi connectivity index (χ3v) is 2.14. The van der Waals surface area contributed by atoms with Gasteiger partial charge in [-0.25, -0.2) is 0 Å². The molecule has 5 heteroatoms. The molecule has 0 aliphatic heterocycles. The number of carbonyl (C=O) groups excluding carboxylic acids is 3. The lowest BCUT2D eigenvalue weighted by atomic mass is 10.2. The largest absolute Gasteiger partial charge is 0.463 e. The van der Waals surface area contributed by atoms with Gasteiger partial charge in [0.25, 0.3) is 6.47 Å². The predicted octanol–water partition coefficient (Wildman–Crippen LogP) is 1.26. The molecule has 1 aromatic carbocycles. The van der Waals surface area contributed by atoms with E-state index in [4.69, 9.17) is 0 Å². The van der Waals surface area contributed by atoms with Gasteiger partial charge in [-0.1, -0.05) is 12.1 Å². The van der Waals surface area contributed by atoms with E-state index >= 15 is 0 Å². The van der Waals surface area contributed by atoms with Gasteiger partial charge >= 0.3 is 0 Å². The molecule has 1 rings (SSSR count). The lowest BCUT2D eigenvalue weighted by molar-refractivity contribution is -0.130. The van der Waals surface area contributed by atoms with Gasteiger partial charge in [0.15, 0.2) is 0 Å². The second-order valence-electron chi connectivity index (χ2n) is 3.45. The highest BCUT2D eigenvalue weighted by atomic mass is 16.5. The topological polar surface area (TPSA) is 63.7 Å². The van der Waals surface area contributed by atoms with E-state index in [0.29, 0.717) is 12.2 Å². The van der Waals surface area contributed by atoms with Crippen LogP contribution in [0.1, 0.15) is 19.4 Å². The van der Waals surface area contributed by atoms with Crippen molar-refractivity contribution in [1.29, 1.82) is 0 Å². The summed E-state index contributed by atoms with van der Waals surface area (Å²) in [6.07, 6.45) is 0. The minimum absolute atomic E-state index is 0.171. The van der Waals surface area contributed by atoms with Gasteiger partial charge in [-0.2, -0.15) is 0 Å². The summed E-state index contributed by atoms with van der Waals surface area (Å²) in [6, 6.07) is 6.65. The zero-order valence-electron chi connectivity index (χ0n) is 9.67. The number of imide groups is 1. The Hall–Kier alpha value is -2.17. The van der Waals surface area contributed by atoms with E-state index in [-0.39, 0.29) is 18.4 Å². The molecule has 0 N–H and O–H groups in total. The van der Waals surface area contributed by atoms with E-state index in [1.807, 2.05) is 0 Å². The Bertz CT molecular complexity index is 411. The average molecular weight is 235 g/mol. The molecule has 0 aliphatic carbocycles. The second kappa shape index (κ2) is 5.79.